The molecule has 94 valence electrons. The summed E-state index contributed by atoms with van der Waals surface area (Å²) < 4.78 is 28.7. The standard InChI is InChI=1S/C9H18NO5P/c1-7(2)14-16(12,15-8(3)4)10-5-6-13-9(10)11/h7-8H,5-6H2,1-4H3. The third-order valence-corrected chi connectivity index (χ3v) is 4.05. The Morgan fingerprint density at radius 2 is 1.75 bits per heavy atom. The molecule has 7 heteroatoms. The SMILES string of the molecule is CC(C)OP(=O)(OC(C)C)N1CCOC1=O. The van der Waals surface area contributed by atoms with Crippen LogP contribution in [0.25, 0.3) is 0 Å². The van der Waals surface area contributed by atoms with E-state index in [-0.39, 0.29) is 25.4 Å². The Morgan fingerprint density at radius 1 is 1.25 bits per heavy atom. The Balaban J connectivity index is 2.85. The predicted octanol–water partition coefficient (Wildman–Crippen LogP) is 2.40. The first-order valence-corrected chi connectivity index (χ1v) is 6.76. The highest BCUT2D eigenvalue weighted by Gasteiger charge is 2.43. The first-order chi connectivity index (χ1) is 7.35. The molecule has 0 spiro atoms. The maximum Gasteiger partial charge on any atom is 0.440 e. The molecule has 0 aromatic rings. The fourth-order valence-electron chi connectivity index (χ4n) is 1.28. The second kappa shape index (κ2) is 5.17. The van der Waals surface area contributed by atoms with Crippen LogP contribution in [0.15, 0.2) is 0 Å². The number of hydrogen-bond donors (Lipinski definition) is 0. The topological polar surface area (TPSA) is 65.1 Å². The van der Waals surface area contributed by atoms with Crippen LogP contribution < -0.4 is 0 Å². The summed E-state index contributed by atoms with van der Waals surface area (Å²) in [5, 5.41) is 0. The van der Waals surface area contributed by atoms with Crippen molar-refractivity contribution in [1.82, 2.24) is 4.67 Å². The largest absolute Gasteiger partial charge is 0.447 e. The summed E-state index contributed by atoms with van der Waals surface area (Å²) in [7, 11) is -3.58. The van der Waals surface area contributed by atoms with Crippen LogP contribution in [0.2, 0.25) is 0 Å². The molecule has 0 aliphatic carbocycles. The van der Waals surface area contributed by atoms with Gasteiger partial charge in [0.25, 0.3) is 0 Å². The lowest BCUT2D eigenvalue weighted by molar-refractivity contribution is 0.110. The van der Waals surface area contributed by atoms with Gasteiger partial charge in [-0.25, -0.2) is 14.0 Å². The molecule has 0 aromatic carbocycles. The van der Waals surface area contributed by atoms with Crippen molar-refractivity contribution in [2.75, 3.05) is 13.2 Å². The Morgan fingerprint density at radius 3 is 2.06 bits per heavy atom. The van der Waals surface area contributed by atoms with E-state index in [2.05, 4.69) is 0 Å². The maximum absolute atomic E-state index is 12.4. The van der Waals surface area contributed by atoms with Crippen molar-refractivity contribution in [3.8, 4) is 0 Å². The van der Waals surface area contributed by atoms with Crippen LogP contribution in [0, 0.1) is 0 Å². The van der Waals surface area contributed by atoms with Gasteiger partial charge in [-0.1, -0.05) is 0 Å². The Kier molecular flexibility index (Phi) is 4.35. The number of rotatable bonds is 5. The zero-order chi connectivity index (χ0) is 12.3. The fraction of sp³-hybridized carbons (Fsp3) is 0.889. The van der Waals surface area contributed by atoms with Crippen LogP contribution in [0.4, 0.5) is 4.79 Å². The van der Waals surface area contributed by atoms with Crippen LogP contribution in [0.3, 0.4) is 0 Å². The molecule has 1 aliphatic heterocycles. The van der Waals surface area contributed by atoms with E-state index in [0.717, 1.165) is 4.67 Å². The van der Waals surface area contributed by atoms with E-state index in [9.17, 15) is 9.36 Å². The molecule has 0 unspecified atom stereocenters. The Hall–Kier alpha value is -0.580. The summed E-state index contributed by atoms with van der Waals surface area (Å²) in [6, 6.07) is 0. The molecule has 0 atom stereocenters. The van der Waals surface area contributed by atoms with E-state index in [1.807, 2.05) is 0 Å². The molecule has 6 nitrogen and oxygen atoms in total. The summed E-state index contributed by atoms with van der Waals surface area (Å²) in [6.45, 7) is 7.38. The molecule has 1 rings (SSSR count). The van der Waals surface area contributed by atoms with Crippen molar-refractivity contribution in [3.63, 3.8) is 0 Å². The quantitative estimate of drug-likeness (QED) is 0.702. The zero-order valence-electron chi connectivity index (χ0n) is 10.0. The first-order valence-electron chi connectivity index (χ1n) is 5.27. The maximum atomic E-state index is 12.4. The van der Waals surface area contributed by atoms with E-state index < -0.39 is 13.8 Å². The highest BCUT2D eigenvalue weighted by Crippen LogP contribution is 2.55. The van der Waals surface area contributed by atoms with Crippen molar-refractivity contribution < 1.29 is 23.1 Å². The van der Waals surface area contributed by atoms with Crippen LogP contribution in [-0.2, 0) is 18.3 Å². The van der Waals surface area contributed by atoms with Gasteiger partial charge >= 0.3 is 13.8 Å². The fourth-order valence-corrected chi connectivity index (χ4v) is 3.21. The lowest BCUT2D eigenvalue weighted by atomic mass is 10.5. The molecule has 0 radical (unpaired) electrons. The second-order valence-corrected chi connectivity index (χ2v) is 5.86. The Labute approximate surface area is 95.4 Å². The second-order valence-electron chi connectivity index (χ2n) is 4.01. The highest BCUT2D eigenvalue weighted by molar-refractivity contribution is 7.52. The molecule has 0 aromatic heterocycles. The number of carbonyl (C=O) groups excluding carboxylic acids is 1. The van der Waals surface area contributed by atoms with Gasteiger partial charge in [0.05, 0.1) is 18.8 Å². The van der Waals surface area contributed by atoms with Gasteiger partial charge in [0.15, 0.2) is 0 Å². The Bertz CT molecular complexity index is 290. The lowest BCUT2D eigenvalue weighted by Crippen LogP contribution is -2.26. The van der Waals surface area contributed by atoms with Gasteiger partial charge < -0.3 is 4.74 Å². The third kappa shape index (κ3) is 3.20. The van der Waals surface area contributed by atoms with Crippen molar-refractivity contribution in [2.24, 2.45) is 0 Å². The molecular formula is C9H18NO5P. The summed E-state index contributed by atoms with van der Waals surface area (Å²) in [5.41, 5.74) is 0. The van der Waals surface area contributed by atoms with E-state index in [4.69, 9.17) is 13.8 Å². The molecular weight excluding hydrogens is 233 g/mol. The van der Waals surface area contributed by atoms with Gasteiger partial charge in [-0.3, -0.25) is 9.05 Å². The van der Waals surface area contributed by atoms with Gasteiger partial charge in [0.2, 0.25) is 0 Å². The molecule has 0 saturated carbocycles. The van der Waals surface area contributed by atoms with Gasteiger partial charge in [-0.15, -0.1) is 0 Å². The van der Waals surface area contributed by atoms with Crippen molar-refractivity contribution in [3.05, 3.63) is 0 Å². The minimum Gasteiger partial charge on any atom is -0.447 e. The summed E-state index contributed by atoms with van der Waals surface area (Å²) in [6.07, 6.45) is -1.24. The number of hydrogen-bond acceptors (Lipinski definition) is 5. The number of ether oxygens (including phenoxy) is 1. The number of cyclic esters (lactones) is 1. The van der Waals surface area contributed by atoms with Crippen LogP contribution in [0.1, 0.15) is 27.7 Å². The van der Waals surface area contributed by atoms with E-state index in [1.165, 1.54) is 0 Å². The average Bonchev–Trinajstić information content (AvgIpc) is 2.48. The smallest absolute Gasteiger partial charge is 0.440 e. The summed E-state index contributed by atoms with van der Waals surface area (Å²) >= 11 is 0. The minimum atomic E-state index is -3.58. The number of amides is 1. The van der Waals surface area contributed by atoms with Gasteiger partial charge in [0, 0.05) is 0 Å². The summed E-state index contributed by atoms with van der Waals surface area (Å²) in [5.74, 6) is 0. The van der Waals surface area contributed by atoms with Gasteiger partial charge in [-0.05, 0) is 27.7 Å². The van der Waals surface area contributed by atoms with E-state index in [0.29, 0.717) is 0 Å². The van der Waals surface area contributed by atoms with Crippen molar-refractivity contribution >= 4 is 13.8 Å². The molecule has 1 aliphatic rings. The van der Waals surface area contributed by atoms with Crippen LogP contribution >= 0.6 is 7.75 Å². The van der Waals surface area contributed by atoms with E-state index >= 15 is 0 Å². The van der Waals surface area contributed by atoms with Crippen molar-refractivity contribution in [1.29, 1.82) is 0 Å². The molecule has 0 bridgehead atoms. The van der Waals surface area contributed by atoms with Gasteiger partial charge in [-0.2, -0.15) is 0 Å². The molecule has 1 fully saturated rings. The molecule has 1 heterocycles. The molecule has 0 N–H and O–H groups in total. The van der Waals surface area contributed by atoms with Crippen molar-refractivity contribution in [2.45, 2.75) is 39.9 Å². The minimum absolute atomic E-state index is 0.214. The van der Waals surface area contributed by atoms with Crippen LogP contribution in [-0.4, -0.2) is 36.1 Å². The number of nitrogens with zero attached hydrogens (tertiary/aromatic N) is 1. The first kappa shape index (κ1) is 13.5. The molecule has 1 amide bonds. The monoisotopic (exact) mass is 251 g/mol. The normalized spacial score (nSPS) is 17.4. The third-order valence-electron chi connectivity index (χ3n) is 1.72. The molecule has 1 saturated heterocycles. The summed E-state index contributed by atoms with van der Waals surface area (Å²) in [4.78, 5) is 11.4. The van der Waals surface area contributed by atoms with Gasteiger partial charge in [0.1, 0.15) is 6.61 Å². The lowest BCUT2D eigenvalue weighted by Gasteiger charge is -2.27. The van der Waals surface area contributed by atoms with Crippen LogP contribution in [0.5, 0.6) is 0 Å². The average molecular weight is 251 g/mol. The van der Waals surface area contributed by atoms with E-state index in [1.54, 1.807) is 27.7 Å². The number of carbonyl (C=O) groups is 1. The highest BCUT2D eigenvalue weighted by atomic mass is 31.2. The predicted molar refractivity (Wildman–Crippen MR) is 58.1 cm³/mol. The zero-order valence-corrected chi connectivity index (χ0v) is 10.9. The molecule has 16 heavy (non-hydrogen) atoms.